The Balaban J connectivity index is 2.24. The van der Waals surface area contributed by atoms with E-state index in [1.54, 1.807) is 0 Å². The molecule has 0 saturated heterocycles. The smallest absolute Gasteiger partial charge is 0.224 e. The number of pyridine rings is 1. The lowest BCUT2D eigenvalue weighted by Gasteiger charge is -2.15. The Hall–Kier alpha value is -1.90. The Bertz CT molecular complexity index is 649. The number of aromatic nitrogens is 1. The minimum absolute atomic E-state index is 0.0826. The van der Waals surface area contributed by atoms with Crippen LogP contribution in [0.4, 0.5) is 0 Å². The second-order valence-electron chi connectivity index (χ2n) is 5.75. The van der Waals surface area contributed by atoms with E-state index in [4.69, 9.17) is 0 Å². The average Bonchev–Trinajstić information content (AvgIpc) is 2.43. The number of amides is 1. The first-order valence-corrected chi connectivity index (χ1v) is 7.67. The standard InChI is InChI=1S/C18H24N2O/c1-5-8-12(2)19-18(21)11-16-13(3)15-9-6-7-10-17(15)20-14(16)4/h6-7,9-10,12H,5,8,11H2,1-4H3,(H,19,21). The van der Waals surface area contributed by atoms with Gasteiger partial charge in [-0.2, -0.15) is 0 Å². The quantitative estimate of drug-likeness (QED) is 0.909. The van der Waals surface area contributed by atoms with Crippen molar-refractivity contribution in [3.8, 4) is 0 Å². The van der Waals surface area contributed by atoms with E-state index in [0.717, 1.165) is 40.6 Å². The van der Waals surface area contributed by atoms with Gasteiger partial charge in [0.15, 0.2) is 0 Å². The van der Waals surface area contributed by atoms with E-state index in [2.05, 4.69) is 37.1 Å². The molecule has 0 aliphatic heterocycles. The summed E-state index contributed by atoms with van der Waals surface area (Å²) < 4.78 is 0. The topological polar surface area (TPSA) is 42.0 Å². The number of fused-ring (bicyclic) bond motifs is 1. The van der Waals surface area contributed by atoms with E-state index >= 15 is 0 Å². The molecule has 0 bridgehead atoms. The van der Waals surface area contributed by atoms with Crippen LogP contribution in [0.15, 0.2) is 24.3 Å². The van der Waals surface area contributed by atoms with Gasteiger partial charge in [-0.15, -0.1) is 0 Å². The highest BCUT2D eigenvalue weighted by atomic mass is 16.1. The third-order valence-electron chi connectivity index (χ3n) is 3.95. The summed E-state index contributed by atoms with van der Waals surface area (Å²) >= 11 is 0. The first-order valence-electron chi connectivity index (χ1n) is 7.67. The second kappa shape index (κ2) is 6.70. The van der Waals surface area contributed by atoms with Crippen molar-refractivity contribution in [3.05, 3.63) is 41.1 Å². The molecule has 1 amide bonds. The highest BCUT2D eigenvalue weighted by Crippen LogP contribution is 2.22. The van der Waals surface area contributed by atoms with E-state index < -0.39 is 0 Å². The van der Waals surface area contributed by atoms with Crippen LogP contribution < -0.4 is 5.32 Å². The molecule has 1 heterocycles. The van der Waals surface area contributed by atoms with Crippen LogP contribution in [0.1, 0.15) is 43.5 Å². The number of carbonyl (C=O) groups is 1. The highest BCUT2D eigenvalue weighted by molar-refractivity contribution is 5.86. The van der Waals surface area contributed by atoms with Crippen molar-refractivity contribution in [1.82, 2.24) is 10.3 Å². The van der Waals surface area contributed by atoms with E-state index in [1.807, 2.05) is 25.1 Å². The Morgan fingerprint density at radius 3 is 2.71 bits per heavy atom. The molecule has 1 aromatic heterocycles. The van der Waals surface area contributed by atoms with Gasteiger partial charge in [0.05, 0.1) is 11.9 Å². The fourth-order valence-electron chi connectivity index (χ4n) is 2.82. The maximum absolute atomic E-state index is 12.2. The third-order valence-corrected chi connectivity index (χ3v) is 3.95. The number of hydrogen-bond donors (Lipinski definition) is 1. The van der Waals surface area contributed by atoms with Crippen LogP contribution in [-0.2, 0) is 11.2 Å². The summed E-state index contributed by atoms with van der Waals surface area (Å²) in [5.74, 6) is 0.0826. The van der Waals surface area contributed by atoms with Crippen LogP contribution in [0.3, 0.4) is 0 Å². The summed E-state index contributed by atoms with van der Waals surface area (Å²) in [6.45, 7) is 8.25. The molecule has 1 aromatic carbocycles. The molecule has 21 heavy (non-hydrogen) atoms. The number of para-hydroxylation sites is 1. The van der Waals surface area contributed by atoms with Crippen LogP contribution in [0, 0.1) is 13.8 Å². The summed E-state index contributed by atoms with van der Waals surface area (Å²) in [5, 5.41) is 4.20. The molecule has 0 aliphatic rings. The van der Waals surface area contributed by atoms with Crippen LogP contribution in [-0.4, -0.2) is 16.9 Å². The van der Waals surface area contributed by atoms with Crippen molar-refractivity contribution in [2.24, 2.45) is 0 Å². The van der Waals surface area contributed by atoms with Crippen molar-refractivity contribution in [2.75, 3.05) is 0 Å². The van der Waals surface area contributed by atoms with E-state index in [9.17, 15) is 4.79 Å². The van der Waals surface area contributed by atoms with Crippen LogP contribution >= 0.6 is 0 Å². The molecule has 3 nitrogen and oxygen atoms in total. The molecule has 0 fully saturated rings. The van der Waals surface area contributed by atoms with Crippen molar-refractivity contribution in [3.63, 3.8) is 0 Å². The predicted octanol–water partition coefficient (Wildman–Crippen LogP) is 3.70. The van der Waals surface area contributed by atoms with Crippen molar-refractivity contribution in [1.29, 1.82) is 0 Å². The maximum Gasteiger partial charge on any atom is 0.224 e. The lowest BCUT2D eigenvalue weighted by atomic mass is 9.99. The predicted molar refractivity (Wildman–Crippen MR) is 87.4 cm³/mol. The van der Waals surface area contributed by atoms with Crippen molar-refractivity contribution < 1.29 is 4.79 Å². The number of carbonyl (C=O) groups excluding carboxylic acids is 1. The van der Waals surface area contributed by atoms with Gasteiger partial charge in [-0.25, -0.2) is 0 Å². The Labute approximate surface area is 126 Å². The number of benzene rings is 1. The lowest BCUT2D eigenvalue weighted by Crippen LogP contribution is -2.33. The van der Waals surface area contributed by atoms with Gasteiger partial charge < -0.3 is 5.32 Å². The summed E-state index contributed by atoms with van der Waals surface area (Å²) in [5.41, 5.74) is 4.16. The van der Waals surface area contributed by atoms with Gasteiger partial charge in [0.25, 0.3) is 0 Å². The zero-order chi connectivity index (χ0) is 15.4. The van der Waals surface area contributed by atoms with E-state index in [1.165, 1.54) is 0 Å². The molecule has 3 heteroatoms. The molecule has 0 radical (unpaired) electrons. The number of aryl methyl sites for hydroxylation is 2. The summed E-state index contributed by atoms with van der Waals surface area (Å²) in [7, 11) is 0. The molecular formula is C18H24N2O. The van der Waals surface area contributed by atoms with Gasteiger partial charge >= 0.3 is 0 Å². The summed E-state index contributed by atoms with van der Waals surface area (Å²) in [4.78, 5) is 16.8. The lowest BCUT2D eigenvalue weighted by molar-refractivity contribution is -0.121. The molecule has 2 rings (SSSR count). The number of rotatable bonds is 5. The first-order chi connectivity index (χ1) is 10.0. The molecule has 112 valence electrons. The number of nitrogens with one attached hydrogen (secondary N) is 1. The molecule has 0 saturated carbocycles. The third kappa shape index (κ3) is 3.60. The van der Waals surface area contributed by atoms with E-state index in [0.29, 0.717) is 6.42 Å². The van der Waals surface area contributed by atoms with E-state index in [-0.39, 0.29) is 11.9 Å². The van der Waals surface area contributed by atoms with Crippen LogP contribution in [0.2, 0.25) is 0 Å². The average molecular weight is 284 g/mol. The van der Waals surface area contributed by atoms with Gasteiger partial charge in [0.2, 0.25) is 5.91 Å². The SMILES string of the molecule is CCCC(C)NC(=O)Cc1c(C)nc2ccccc2c1C. The first kappa shape index (κ1) is 15.5. The second-order valence-corrected chi connectivity index (χ2v) is 5.75. The summed E-state index contributed by atoms with van der Waals surface area (Å²) in [6, 6.07) is 8.32. The van der Waals surface area contributed by atoms with Gasteiger partial charge in [0.1, 0.15) is 0 Å². The zero-order valence-electron chi connectivity index (χ0n) is 13.4. The van der Waals surface area contributed by atoms with Gasteiger partial charge in [-0.3, -0.25) is 9.78 Å². The molecule has 2 aromatic rings. The normalized spacial score (nSPS) is 12.4. The van der Waals surface area contributed by atoms with Gasteiger partial charge in [-0.1, -0.05) is 31.5 Å². The zero-order valence-corrected chi connectivity index (χ0v) is 13.4. The Kier molecular flexibility index (Phi) is 4.94. The van der Waals surface area contributed by atoms with Crippen LogP contribution in [0.5, 0.6) is 0 Å². The highest BCUT2D eigenvalue weighted by Gasteiger charge is 2.14. The Morgan fingerprint density at radius 2 is 2.00 bits per heavy atom. The summed E-state index contributed by atoms with van der Waals surface area (Å²) in [6.07, 6.45) is 2.50. The van der Waals surface area contributed by atoms with Gasteiger partial charge in [0, 0.05) is 17.1 Å². The maximum atomic E-state index is 12.2. The monoisotopic (exact) mass is 284 g/mol. The van der Waals surface area contributed by atoms with Gasteiger partial charge in [-0.05, 0) is 44.4 Å². The molecular weight excluding hydrogens is 260 g/mol. The van der Waals surface area contributed by atoms with Crippen molar-refractivity contribution in [2.45, 2.75) is 53.0 Å². The Morgan fingerprint density at radius 1 is 1.29 bits per heavy atom. The number of hydrogen-bond acceptors (Lipinski definition) is 2. The number of nitrogens with zero attached hydrogens (tertiary/aromatic N) is 1. The largest absolute Gasteiger partial charge is 0.353 e. The molecule has 1 atom stereocenters. The van der Waals surface area contributed by atoms with Crippen molar-refractivity contribution >= 4 is 16.8 Å². The van der Waals surface area contributed by atoms with Crippen LogP contribution in [0.25, 0.3) is 10.9 Å². The minimum Gasteiger partial charge on any atom is -0.353 e. The minimum atomic E-state index is 0.0826. The fourth-order valence-corrected chi connectivity index (χ4v) is 2.82. The fraction of sp³-hybridized carbons (Fsp3) is 0.444. The molecule has 1 N–H and O–H groups in total. The molecule has 1 unspecified atom stereocenters. The molecule has 0 spiro atoms. The molecule has 0 aliphatic carbocycles.